The minimum atomic E-state index is -0.473. The van der Waals surface area contributed by atoms with Crippen molar-refractivity contribution in [2.45, 2.75) is 63.1 Å². The Bertz CT molecular complexity index is 1360. The van der Waals surface area contributed by atoms with Crippen LogP contribution in [-0.4, -0.2) is 77.4 Å². The van der Waals surface area contributed by atoms with Crippen LogP contribution >= 0.6 is 0 Å². The summed E-state index contributed by atoms with van der Waals surface area (Å²) < 4.78 is 28.3. The summed E-state index contributed by atoms with van der Waals surface area (Å²) in [6.07, 6.45) is 8.66. The molecule has 3 aromatic rings. The molecule has 0 unspecified atom stereocenters. The largest absolute Gasteiger partial charge is 0.496 e. The topological polar surface area (TPSA) is 75.6 Å². The number of pyridine rings is 1. The first-order valence-electron chi connectivity index (χ1n) is 13.9. The van der Waals surface area contributed by atoms with Gasteiger partial charge in [-0.25, -0.2) is 4.39 Å². The van der Waals surface area contributed by atoms with Gasteiger partial charge in [-0.05, 0) is 70.2 Å². The standard InChI is InChI=1S/C29H35FN6O2/c1-18-6-3-7-21(26(18)37-2)24-23(30)25-22(14-31-24)27(35-15-19-8-9-20(16-35)32-19)34-28(33-25)38-17-29-10-4-12-36(29)13-5-11-29/h3,6-7,14,19-20,32H,4-5,8-13,15-17H2,1-2H3/t19-,20+. The summed E-state index contributed by atoms with van der Waals surface area (Å²) in [5.74, 6) is 0.855. The molecular formula is C29H35FN6O2. The van der Waals surface area contributed by atoms with Crippen LogP contribution in [0.4, 0.5) is 10.2 Å². The van der Waals surface area contributed by atoms with E-state index >= 15 is 4.39 Å². The first kappa shape index (κ1) is 24.0. The highest BCUT2D eigenvalue weighted by atomic mass is 19.1. The normalized spacial score (nSPS) is 24.2. The average molecular weight is 519 g/mol. The Hall–Kier alpha value is -3.04. The zero-order chi connectivity index (χ0) is 25.9. The van der Waals surface area contributed by atoms with E-state index in [1.807, 2.05) is 25.1 Å². The Morgan fingerprint density at radius 3 is 2.61 bits per heavy atom. The van der Waals surface area contributed by atoms with Crippen molar-refractivity contribution in [2.24, 2.45) is 0 Å². The summed E-state index contributed by atoms with van der Waals surface area (Å²) in [5, 5.41) is 4.29. The summed E-state index contributed by atoms with van der Waals surface area (Å²) in [5.41, 5.74) is 2.07. The molecule has 4 fully saturated rings. The van der Waals surface area contributed by atoms with E-state index in [9.17, 15) is 0 Å². The lowest BCUT2D eigenvalue weighted by molar-refractivity contribution is 0.108. The van der Waals surface area contributed by atoms with Gasteiger partial charge in [0.25, 0.3) is 0 Å². The van der Waals surface area contributed by atoms with E-state index in [0.717, 1.165) is 57.4 Å². The number of nitrogens with one attached hydrogen (secondary N) is 1. The van der Waals surface area contributed by atoms with E-state index < -0.39 is 5.82 Å². The number of fused-ring (bicyclic) bond motifs is 4. The van der Waals surface area contributed by atoms with Crippen molar-refractivity contribution in [1.29, 1.82) is 0 Å². The first-order valence-corrected chi connectivity index (χ1v) is 13.9. The second-order valence-electron chi connectivity index (χ2n) is 11.4. The fraction of sp³-hybridized carbons (Fsp3) is 0.552. The molecule has 4 aliphatic rings. The zero-order valence-corrected chi connectivity index (χ0v) is 22.2. The number of aryl methyl sites for hydroxylation is 1. The van der Waals surface area contributed by atoms with E-state index in [2.05, 4.69) is 25.1 Å². The van der Waals surface area contributed by atoms with E-state index in [1.165, 1.54) is 12.8 Å². The number of hydrogen-bond acceptors (Lipinski definition) is 8. The lowest BCUT2D eigenvalue weighted by atomic mass is 9.95. The highest BCUT2D eigenvalue weighted by Gasteiger charge is 2.45. The van der Waals surface area contributed by atoms with Gasteiger partial charge in [-0.1, -0.05) is 12.1 Å². The SMILES string of the molecule is COc1c(C)cccc1-c1ncc2c(N3C[C@H]4CC[C@@H](C3)N4)nc(OCC34CCCN3CCC4)nc2c1F. The van der Waals surface area contributed by atoms with Crippen molar-refractivity contribution in [3.05, 3.63) is 35.8 Å². The van der Waals surface area contributed by atoms with Crippen LogP contribution in [0.25, 0.3) is 22.2 Å². The molecule has 2 aromatic heterocycles. The number of hydrogen-bond donors (Lipinski definition) is 1. The maximum atomic E-state index is 16.3. The molecule has 2 atom stereocenters. The number of anilines is 1. The predicted octanol–water partition coefficient (Wildman–Crippen LogP) is 4.10. The Balaban J connectivity index is 1.32. The Kier molecular flexibility index (Phi) is 5.89. The molecule has 0 aliphatic carbocycles. The molecule has 0 saturated carbocycles. The second kappa shape index (κ2) is 9.31. The quantitative estimate of drug-likeness (QED) is 0.523. The molecule has 200 valence electrons. The van der Waals surface area contributed by atoms with Crippen LogP contribution in [-0.2, 0) is 0 Å². The molecule has 0 radical (unpaired) electrons. The first-order chi connectivity index (χ1) is 18.5. The van der Waals surface area contributed by atoms with E-state index in [4.69, 9.17) is 14.5 Å². The fourth-order valence-corrected chi connectivity index (χ4v) is 7.25. The number of rotatable bonds is 6. The minimum absolute atomic E-state index is 0.0590. The Labute approximate surface area is 222 Å². The monoisotopic (exact) mass is 518 g/mol. The third-order valence-electron chi connectivity index (χ3n) is 9.11. The molecule has 0 amide bonds. The molecule has 9 heteroatoms. The van der Waals surface area contributed by atoms with Crippen LogP contribution in [0, 0.1) is 12.7 Å². The van der Waals surface area contributed by atoms with Crippen LogP contribution in [0.15, 0.2) is 24.4 Å². The minimum Gasteiger partial charge on any atom is -0.496 e. The van der Waals surface area contributed by atoms with Gasteiger partial charge in [0.1, 0.15) is 29.4 Å². The Morgan fingerprint density at radius 2 is 1.87 bits per heavy atom. The molecule has 4 saturated heterocycles. The molecule has 38 heavy (non-hydrogen) atoms. The third kappa shape index (κ3) is 3.90. The summed E-state index contributed by atoms with van der Waals surface area (Å²) in [7, 11) is 1.60. The van der Waals surface area contributed by atoms with Gasteiger partial charge in [0.2, 0.25) is 0 Å². The van der Waals surface area contributed by atoms with Gasteiger partial charge in [-0.15, -0.1) is 0 Å². The maximum absolute atomic E-state index is 16.3. The lowest BCUT2D eigenvalue weighted by Crippen LogP contribution is -2.51. The number of piperazine rings is 1. The van der Waals surface area contributed by atoms with E-state index in [1.54, 1.807) is 13.3 Å². The molecular weight excluding hydrogens is 483 g/mol. The van der Waals surface area contributed by atoms with Gasteiger partial charge < -0.3 is 19.7 Å². The predicted molar refractivity (Wildman–Crippen MR) is 144 cm³/mol. The number of ether oxygens (including phenoxy) is 2. The molecule has 0 spiro atoms. The number of methoxy groups -OCH3 is 1. The average Bonchev–Trinajstić information content (AvgIpc) is 3.61. The van der Waals surface area contributed by atoms with Crippen LogP contribution in [0.5, 0.6) is 11.8 Å². The van der Waals surface area contributed by atoms with Crippen molar-refractivity contribution < 1.29 is 13.9 Å². The number of halogens is 1. The molecule has 1 N–H and O–H groups in total. The summed E-state index contributed by atoms with van der Waals surface area (Å²) in [4.78, 5) is 19.0. The highest BCUT2D eigenvalue weighted by Crippen LogP contribution is 2.40. The fourth-order valence-electron chi connectivity index (χ4n) is 7.25. The van der Waals surface area contributed by atoms with Crippen molar-refractivity contribution >= 4 is 16.7 Å². The number of para-hydroxylation sites is 1. The van der Waals surface area contributed by atoms with E-state index in [0.29, 0.717) is 41.2 Å². The number of benzene rings is 1. The van der Waals surface area contributed by atoms with Crippen molar-refractivity contribution in [1.82, 2.24) is 25.2 Å². The van der Waals surface area contributed by atoms with Crippen LogP contribution < -0.4 is 19.7 Å². The molecule has 7 rings (SSSR count). The zero-order valence-electron chi connectivity index (χ0n) is 22.2. The number of nitrogens with zero attached hydrogens (tertiary/aromatic N) is 5. The maximum Gasteiger partial charge on any atom is 0.319 e. The summed E-state index contributed by atoms with van der Waals surface area (Å²) in [6.45, 7) is 6.39. The molecule has 8 nitrogen and oxygen atoms in total. The van der Waals surface area contributed by atoms with Gasteiger partial charge >= 0.3 is 6.01 Å². The molecule has 6 heterocycles. The van der Waals surface area contributed by atoms with Crippen molar-refractivity contribution in [3.8, 4) is 23.0 Å². The number of aromatic nitrogens is 3. The van der Waals surface area contributed by atoms with Crippen LogP contribution in [0.3, 0.4) is 0 Å². The molecule has 1 aromatic carbocycles. The van der Waals surface area contributed by atoms with Crippen molar-refractivity contribution in [2.75, 3.05) is 44.8 Å². The Morgan fingerprint density at radius 1 is 1.11 bits per heavy atom. The van der Waals surface area contributed by atoms with Gasteiger partial charge in [0.15, 0.2) is 5.82 Å². The molecule has 2 bridgehead atoms. The van der Waals surface area contributed by atoms with Gasteiger partial charge in [-0.3, -0.25) is 9.88 Å². The second-order valence-corrected chi connectivity index (χ2v) is 11.4. The summed E-state index contributed by atoms with van der Waals surface area (Å²) >= 11 is 0. The van der Waals surface area contributed by atoms with Gasteiger partial charge in [0.05, 0.1) is 18.0 Å². The smallest absolute Gasteiger partial charge is 0.319 e. The summed E-state index contributed by atoms with van der Waals surface area (Å²) in [6, 6.07) is 6.76. The van der Waals surface area contributed by atoms with Crippen LogP contribution in [0.1, 0.15) is 44.1 Å². The van der Waals surface area contributed by atoms with Gasteiger partial charge in [-0.2, -0.15) is 9.97 Å². The third-order valence-corrected chi connectivity index (χ3v) is 9.11. The highest BCUT2D eigenvalue weighted by molar-refractivity contribution is 5.92. The lowest BCUT2D eigenvalue weighted by Gasteiger charge is -2.34. The van der Waals surface area contributed by atoms with E-state index in [-0.39, 0.29) is 22.8 Å². The van der Waals surface area contributed by atoms with Crippen molar-refractivity contribution in [3.63, 3.8) is 0 Å². The van der Waals surface area contributed by atoms with Crippen LogP contribution in [0.2, 0.25) is 0 Å². The molecule has 4 aliphatic heterocycles. The van der Waals surface area contributed by atoms with Gasteiger partial charge in [0, 0.05) is 36.9 Å².